The van der Waals surface area contributed by atoms with E-state index < -0.39 is 8.80 Å². The lowest BCUT2D eigenvalue weighted by atomic mass is 9.35. The lowest BCUT2D eigenvalue weighted by Gasteiger charge is -2.38. The van der Waals surface area contributed by atoms with E-state index in [0.29, 0.717) is 0 Å². The van der Waals surface area contributed by atoms with Crippen molar-refractivity contribution < 1.29 is 9.47 Å². The molecule has 0 saturated carbocycles. The highest BCUT2D eigenvalue weighted by Gasteiger charge is 2.41. The van der Waals surface area contributed by atoms with Crippen LogP contribution in [0.1, 0.15) is 5.56 Å². The molecule has 0 aliphatic carbocycles. The van der Waals surface area contributed by atoms with Crippen LogP contribution in [-0.4, -0.2) is 15.5 Å². The van der Waals surface area contributed by atoms with Crippen molar-refractivity contribution in [1.82, 2.24) is 0 Å². The quantitative estimate of drug-likeness (QED) is 0.210. The van der Waals surface area contributed by atoms with Gasteiger partial charge in [-0.25, -0.2) is 0 Å². The Bertz CT molecular complexity index is 2350. The zero-order valence-electron chi connectivity index (χ0n) is 26.4. The summed E-state index contributed by atoms with van der Waals surface area (Å²) in [5.74, 6) is 3.51. The minimum Gasteiger partial charge on any atom is -0.458 e. The van der Waals surface area contributed by atoms with Gasteiger partial charge in [-0.3, -0.25) is 0 Å². The van der Waals surface area contributed by atoms with Crippen molar-refractivity contribution in [3.05, 3.63) is 163 Å². The molecule has 0 amide bonds. The zero-order chi connectivity index (χ0) is 31.8. The van der Waals surface area contributed by atoms with E-state index in [1.165, 1.54) is 38.0 Å². The number of para-hydroxylation sites is 2. The van der Waals surface area contributed by atoms with E-state index in [9.17, 15) is 0 Å². The number of hydrogen-bond donors (Lipinski definition) is 0. The summed E-state index contributed by atoms with van der Waals surface area (Å²) in [6.45, 7) is 2.13. The molecule has 0 radical (unpaired) electrons. The Labute approximate surface area is 282 Å². The predicted molar refractivity (Wildman–Crippen MR) is 201 cm³/mol. The lowest BCUT2D eigenvalue weighted by Crippen LogP contribution is -2.58. The van der Waals surface area contributed by atoms with Crippen LogP contribution in [0.25, 0.3) is 11.1 Å². The smallest absolute Gasteiger partial charge is 0.260 e. The van der Waals surface area contributed by atoms with Gasteiger partial charge >= 0.3 is 0 Å². The van der Waals surface area contributed by atoms with Crippen LogP contribution in [0, 0.1) is 6.92 Å². The maximum Gasteiger partial charge on any atom is 0.260 e. The van der Waals surface area contributed by atoms with E-state index in [2.05, 4.69) is 163 Å². The maximum atomic E-state index is 6.93. The highest BCUT2D eigenvalue weighted by atomic mass is 28.3. The number of hydrogen-bond acceptors (Lipinski definition) is 3. The van der Waals surface area contributed by atoms with Crippen molar-refractivity contribution >= 4 is 64.5 Å². The number of ether oxygens (including phenoxy) is 2. The van der Waals surface area contributed by atoms with Gasteiger partial charge in [0, 0.05) is 28.6 Å². The van der Waals surface area contributed by atoms with Crippen molar-refractivity contribution in [2.24, 2.45) is 0 Å². The van der Waals surface area contributed by atoms with E-state index in [4.69, 9.17) is 9.47 Å². The Morgan fingerprint density at radius 1 is 0.500 bits per heavy atom. The Hall–Kier alpha value is -5.78. The summed E-state index contributed by atoms with van der Waals surface area (Å²) in [6, 6.07) is 57.2. The van der Waals surface area contributed by atoms with Crippen LogP contribution in [0.2, 0.25) is 0 Å². The summed E-state index contributed by atoms with van der Waals surface area (Å²) in [4.78, 5) is 2.43. The molecule has 0 N–H and O–H groups in total. The fourth-order valence-corrected chi connectivity index (χ4v) is 11.3. The number of anilines is 3. The Balaban J connectivity index is 1.16. The van der Waals surface area contributed by atoms with Gasteiger partial charge in [0.1, 0.15) is 31.8 Å². The Morgan fingerprint density at radius 2 is 1.06 bits per heavy atom. The number of nitrogens with zero attached hydrogens (tertiary/aromatic N) is 1. The van der Waals surface area contributed by atoms with Gasteiger partial charge in [0.05, 0.1) is 0 Å². The first-order chi connectivity index (χ1) is 23.7. The van der Waals surface area contributed by atoms with E-state index in [1.807, 2.05) is 6.07 Å². The first-order valence-corrected chi connectivity index (χ1v) is 18.3. The van der Waals surface area contributed by atoms with Gasteiger partial charge in [-0.15, -0.1) is 0 Å². The van der Waals surface area contributed by atoms with Gasteiger partial charge in [-0.2, -0.15) is 0 Å². The van der Waals surface area contributed by atoms with Crippen molar-refractivity contribution in [3.63, 3.8) is 0 Å². The summed E-state index contributed by atoms with van der Waals surface area (Å²) in [5.41, 5.74) is 10.4. The molecule has 0 bridgehead atoms. The summed E-state index contributed by atoms with van der Waals surface area (Å²) in [6.07, 6.45) is 0. The number of benzene rings is 7. The van der Waals surface area contributed by atoms with E-state index in [0.717, 1.165) is 50.7 Å². The lowest BCUT2D eigenvalue weighted by molar-refractivity contribution is 0.465. The standard InChI is InChI=1S/C43H30BNO2Si/c1-28-20-22-33-37(24-28)46-39-25-30(29-12-4-2-5-13-29)26-40-43(39)44(33)34-23-21-31(27-38(34)47-40)45-35-16-8-10-18-41(35)48(32-14-6-3-7-15-32)42-19-11-9-17-36(42)45/h2-27,48H,1H3. The Kier molecular flexibility index (Phi) is 6.05. The van der Waals surface area contributed by atoms with E-state index >= 15 is 0 Å². The normalized spacial score (nSPS) is 13.7. The average Bonchev–Trinajstić information content (AvgIpc) is 3.13. The SMILES string of the molecule is Cc1ccc2c(c1)Oc1cc(-c3ccccc3)cc3c1B2c1ccc(N2c4ccccc4[SiH](c4ccccc4)c4ccccc42)cc1O3. The van der Waals surface area contributed by atoms with Crippen LogP contribution in [0.5, 0.6) is 23.0 Å². The number of fused-ring (bicyclic) bond motifs is 6. The molecule has 3 aliphatic rings. The molecule has 3 aliphatic heterocycles. The molecule has 0 atom stereocenters. The molecular weight excluding hydrogens is 601 g/mol. The molecule has 7 aromatic carbocycles. The van der Waals surface area contributed by atoms with Crippen LogP contribution in [-0.2, 0) is 0 Å². The van der Waals surface area contributed by atoms with Crippen molar-refractivity contribution in [2.45, 2.75) is 6.92 Å². The third kappa shape index (κ3) is 4.14. The van der Waals surface area contributed by atoms with Gasteiger partial charge in [-0.1, -0.05) is 120 Å². The van der Waals surface area contributed by atoms with Crippen LogP contribution in [0.3, 0.4) is 0 Å². The van der Waals surface area contributed by atoms with E-state index in [-0.39, 0.29) is 6.71 Å². The van der Waals surface area contributed by atoms with Crippen molar-refractivity contribution in [1.29, 1.82) is 0 Å². The second-order valence-electron chi connectivity index (χ2n) is 12.9. The average molecular weight is 632 g/mol. The summed E-state index contributed by atoms with van der Waals surface area (Å²) >= 11 is 0. The minimum atomic E-state index is -1.69. The van der Waals surface area contributed by atoms with Crippen LogP contribution < -0.4 is 46.3 Å². The molecule has 48 heavy (non-hydrogen) atoms. The second-order valence-corrected chi connectivity index (χ2v) is 15.7. The molecule has 5 heteroatoms. The third-order valence-corrected chi connectivity index (χ3v) is 13.4. The molecule has 7 aromatic rings. The second kappa shape index (κ2) is 10.6. The molecule has 0 fully saturated rings. The minimum absolute atomic E-state index is 0.0118. The Morgan fingerprint density at radius 3 is 1.73 bits per heavy atom. The molecule has 0 saturated heterocycles. The monoisotopic (exact) mass is 631 g/mol. The summed E-state index contributed by atoms with van der Waals surface area (Å²) in [5, 5.41) is 4.29. The zero-order valence-corrected chi connectivity index (χ0v) is 27.6. The first kappa shape index (κ1) is 27.3. The highest BCUT2D eigenvalue weighted by Crippen LogP contribution is 2.41. The van der Waals surface area contributed by atoms with Crippen LogP contribution in [0.15, 0.2) is 158 Å². The molecule has 0 unspecified atom stereocenters. The van der Waals surface area contributed by atoms with Gasteiger partial charge in [-0.05, 0) is 81.3 Å². The number of aryl methyl sites for hydroxylation is 1. The van der Waals surface area contributed by atoms with E-state index in [1.54, 1.807) is 0 Å². The fourth-order valence-electron chi connectivity index (χ4n) is 7.98. The van der Waals surface area contributed by atoms with Crippen molar-refractivity contribution in [3.8, 4) is 34.1 Å². The van der Waals surface area contributed by atoms with Gasteiger partial charge in [0.2, 0.25) is 0 Å². The molecule has 10 rings (SSSR count). The fraction of sp³-hybridized carbons (Fsp3) is 0.0233. The molecule has 226 valence electrons. The molecule has 3 nitrogen and oxygen atoms in total. The van der Waals surface area contributed by atoms with Crippen LogP contribution >= 0.6 is 0 Å². The number of rotatable bonds is 3. The summed E-state index contributed by atoms with van der Waals surface area (Å²) in [7, 11) is -1.69. The highest BCUT2D eigenvalue weighted by molar-refractivity contribution is 6.99. The predicted octanol–water partition coefficient (Wildman–Crippen LogP) is 6.42. The maximum absolute atomic E-state index is 6.93. The molecular formula is C43H30BNO2Si. The first-order valence-electron chi connectivity index (χ1n) is 16.6. The van der Waals surface area contributed by atoms with Crippen molar-refractivity contribution in [2.75, 3.05) is 4.90 Å². The molecule has 0 aromatic heterocycles. The molecule has 0 spiro atoms. The van der Waals surface area contributed by atoms with Gasteiger partial charge < -0.3 is 14.4 Å². The topological polar surface area (TPSA) is 21.7 Å². The summed E-state index contributed by atoms with van der Waals surface area (Å²) < 4.78 is 13.6. The largest absolute Gasteiger partial charge is 0.458 e. The van der Waals surface area contributed by atoms with Crippen LogP contribution in [0.4, 0.5) is 17.1 Å². The van der Waals surface area contributed by atoms with Gasteiger partial charge in [0.25, 0.3) is 6.71 Å². The van der Waals surface area contributed by atoms with Gasteiger partial charge in [0.15, 0.2) is 0 Å². The molecule has 3 heterocycles. The third-order valence-electron chi connectivity index (χ3n) is 10.1.